The summed E-state index contributed by atoms with van der Waals surface area (Å²) in [5.41, 5.74) is 18.6. The Morgan fingerprint density at radius 3 is 2.27 bits per heavy atom. The molecule has 0 spiro atoms. The third-order valence-electron chi connectivity index (χ3n) is 7.41. The summed E-state index contributed by atoms with van der Waals surface area (Å²) >= 11 is 0. The van der Waals surface area contributed by atoms with Crippen LogP contribution < -0.4 is 21.1 Å². The number of fused-ring (bicyclic) bond motifs is 1. The molecule has 1 aliphatic rings. The van der Waals surface area contributed by atoms with Gasteiger partial charge in [0.25, 0.3) is 0 Å². The number of carboxylic acid groups (broad SMARTS) is 1. The molecule has 4 aromatic rings. The molecule has 4 aromatic carbocycles. The van der Waals surface area contributed by atoms with Gasteiger partial charge in [0, 0.05) is 35.8 Å². The number of anilines is 1. The molecule has 0 bridgehead atoms. The van der Waals surface area contributed by atoms with E-state index in [-0.39, 0.29) is 23.2 Å². The number of aromatic carboxylic acids is 1. The lowest BCUT2D eigenvalue weighted by molar-refractivity contribution is 0.0697. The van der Waals surface area contributed by atoms with Crippen molar-refractivity contribution >= 4 is 23.3 Å². The molecule has 7 N–H and O–H groups in total. The number of rotatable bonds is 9. The van der Waals surface area contributed by atoms with Crippen molar-refractivity contribution in [3.63, 3.8) is 0 Å². The number of hydrogen-bond donors (Lipinski definition) is 5. The molecule has 0 saturated carbocycles. The molecule has 0 aromatic heterocycles. The van der Waals surface area contributed by atoms with Gasteiger partial charge in [0.15, 0.2) is 0 Å². The lowest BCUT2D eigenvalue weighted by Gasteiger charge is -2.23. The molecule has 8 heteroatoms. The van der Waals surface area contributed by atoms with E-state index < -0.39 is 5.97 Å². The predicted octanol–water partition coefficient (Wildman–Crippen LogP) is 4.98. The van der Waals surface area contributed by atoms with E-state index in [2.05, 4.69) is 17.0 Å². The van der Waals surface area contributed by atoms with Crippen LogP contribution in [0.25, 0.3) is 11.1 Å². The van der Waals surface area contributed by atoms with Crippen molar-refractivity contribution < 1.29 is 14.6 Å². The van der Waals surface area contributed by atoms with Crippen LogP contribution in [0.15, 0.2) is 84.9 Å². The van der Waals surface area contributed by atoms with Gasteiger partial charge in [-0.1, -0.05) is 42.5 Å². The standard InChI is InChI=1S/C32H31N5O3/c1-40-24-9-11-26(28(16-24)32(38)39)25-10-7-20(30(33)34)14-23(25)18-37-17-22(13-19-5-3-2-4-6-19)27-15-21(31(35)36)8-12-29(27)37/h2-12,14-16,22H,13,17-18H2,1H3,(H3,33,34)(H3,35,36)(H,38,39). The monoisotopic (exact) mass is 533 g/mol. The first-order valence-electron chi connectivity index (χ1n) is 12.9. The van der Waals surface area contributed by atoms with E-state index in [4.69, 9.17) is 27.0 Å². The van der Waals surface area contributed by atoms with Gasteiger partial charge in [-0.3, -0.25) is 10.8 Å². The highest BCUT2D eigenvalue weighted by Crippen LogP contribution is 2.41. The number of benzene rings is 4. The second-order valence-electron chi connectivity index (χ2n) is 9.96. The highest BCUT2D eigenvalue weighted by atomic mass is 16.5. The zero-order valence-corrected chi connectivity index (χ0v) is 22.1. The lowest BCUT2D eigenvalue weighted by Crippen LogP contribution is -2.23. The van der Waals surface area contributed by atoms with Crippen LogP contribution in [0.1, 0.15) is 44.1 Å². The Morgan fingerprint density at radius 1 is 0.925 bits per heavy atom. The molecule has 40 heavy (non-hydrogen) atoms. The van der Waals surface area contributed by atoms with Gasteiger partial charge >= 0.3 is 5.97 Å². The molecule has 0 amide bonds. The number of methoxy groups -OCH3 is 1. The van der Waals surface area contributed by atoms with Crippen LogP contribution in [0, 0.1) is 10.8 Å². The van der Waals surface area contributed by atoms with Crippen LogP contribution in [-0.2, 0) is 13.0 Å². The minimum Gasteiger partial charge on any atom is -0.497 e. The van der Waals surface area contributed by atoms with Crippen molar-refractivity contribution in [1.29, 1.82) is 10.8 Å². The van der Waals surface area contributed by atoms with Crippen LogP contribution in [0.5, 0.6) is 5.75 Å². The van der Waals surface area contributed by atoms with Crippen molar-refractivity contribution in [2.45, 2.75) is 18.9 Å². The van der Waals surface area contributed by atoms with Gasteiger partial charge in [0.1, 0.15) is 17.4 Å². The number of carboxylic acids is 1. The second kappa shape index (κ2) is 10.9. The number of nitrogens with zero attached hydrogens (tertiary/aromatic N) is 1. The minimum atomic E-state index is -1.05. The molecule has 202 valence electrons. The van der Waals surface area contributed by atoms with Gasteiger partial charge < -0.3 is 26.2 Å². The highest BCUT2D eigenvalue weighted by molar-refractivity contribution is 5.99. The van der Waals surface area contributed by atoms with Crippen molar-refractivity contribution in [3.8, 4) is 16.9 Å². The summed E-state index contributed by atoms with van der Waals surface area (Å²) in [5, 5.41) is 26.0. The highest BCUT2D eigenvalue weighted by Gasteiger charge is 2.30. The normalized spacial score (nSPS) is 14.0. The quantitative estimate of drug-likeness (QED) is 0.151. The molecule has 0 fully saturated rings. The number of ether oxygens (including phenoxy) is 1. The summed E-state index contributed by atoms with van der Waals surface area (Å²) in [7, 11) is 1.50. The zero-order valence-electron chi connectivity index (χ0n) is 22.1. The van der Waals surface area contributed by atoms with E-state index in [9.17, 15) is 9.90 Å². The smallest absolute Gasteiger partial charge is 0.336 e. The largest absolute Gasteiger partial charge is 0.497 e. The van der Waals surface area contributed by atoms with Crippen LogP contribution in [0.2, 0.25) is 0 Å². The number of hydrogen-bond acceptors (Lipinski definition) is 5. The van der Waals surface area contributed by atoms with E-state index in [0.717, 1.165) is 35.3 Å². The number of amidine groups is 2. The van der Waals surface area contributed by atoms with Gasteiger partial charge in [-0.25, -0.2) is 4.79 Å². The molecule has 8 nitrogen and oxygen atoms in total. The molecular formula is C32H31N5O3. The number of nitrogens with two attached hydrogens (primary N) is 2. The van der Waals surface area contributed by atoms with E-state index in [1.165, 1.54) is 18.7 Å². The number of nitrogens with one attached hydrogen (secondary N) is 2. The molecule has 0 radical (unpaired) electrons. The Hall–Kier alpha value is -5.11. The van der Waals surface area contributed by atoms with Crippen LogP contribution in [0.3, 0.4) is 0 Å². The van der Waals surface area contributed by atoms with E-state index in [1.54, 1.807) is 18.2 Å². The summed E-state index contributed by atoms with van der Waals surface area (Å²) in [5.74, 6) is -0.456. The van der Waals surface area contributed by atoms with Crippen molar-refractivity contribution in [3.05, 3.63) is 118 Å². The van der Waals surface area contributed by atoms with Gasteiger partial charge in [-0.05, 0) is 76.7 Å². The van der Waals surface area contributed by atoms with Gasteiger partial charge in [-0.15, -0.1) is 0 Å². The van der Waals surface area contributed by atoms with Crippen LogP contribution in [0.4, 0.5) is 5.69 Å². The maximum atomic E-state index is 12.2. The molecule has 0 saturated heterocycles. The first kappa shape index (κ1) is 26.5. The Labute approximate surface area is 232 Å². The summed E-state index contributed by atoms with van der Waals surface area (Å²) < 4.78 is 5.27. The average Bonchev–Trinajstić information content (AvgIpc) is 3.29. The minimum absolute atomic E-state index is 0.0249. The molecule has 1 atom stereocenters. The molecule has 1 heterocycles. The van der Waals surface area contributed by atoms with Gasteiger partial charge in [-0.2, -0.15) is 0 Å². The Kier molecular flexibility index (Phi) is 7.25. The number of nitrogen functional groups attached to an aromatic ring is 2. The third kappa shape index (κ3) is 5.24. The van der Waals surface area contributed by atoms with Crippen LogP contribution >= 0.6 is 0 Å². The first-order valence-corrected chi connectivity index (χ1v) is 12.9. The lowest BCUT2D eigenvalue weighted by atomic mass is 9.92. The first-order chi connectivity index (χ1) is 19.2. The summed E-state index contributed by atoms with van der Waals surface area (Å²) in [4.78, 5) is 14.5. The Balaban J connectivity index is 1.59. The van der Waals surface area contributed by atoms with Gasteiger partial charge in [0.2, 0.25) is 0 Å². The SMILES string of the molecule is COc1ccc(-c2ccc(C(=N)N)cc2CN2CC(Cc3ccccc3)c3cc(C(=N)N)ccc32)c(C(=O)O)c1. The second-order valence-corrected chi connectivity index (χ2v) is 9.96. The Morgan fingerprint density at radius 2 is 1.60 bits per heavy atom. The molecule has 0 aliphatic carbocycles. The van der Waals surface area contributed by atoms with E-state index in [1.807, 2.05) is 48.5 Å². The average molecular weight is 534 g/mol. The maximum absolute atomic E-state index is 12.2. The fourth-order valence-corrected chi connectivity index (χ4v) is 5.45. The number of carbonyl (C=O) groups is 1. The summed E-state index contributed by atoms with van der Waals surface area (Å²) in [6.07, 6.45) is 0.827. The molecule has 1 unspecified atom stereocenters. The Bertz CT molecular complexity index is 1620. The molecular weight excluding hydrogens is 502 g/mol. The molecule has 1 aliphatic heterocycles. The topological polar surface area (TPSA) is 150 Å². The fraction of sp³-hybridized carbons (Fsp3) is 0.156. The third-order valence-corrected chi connectivity index (χ3v) is 7.41. The van der Waals surface area contributed by atoms with Crippen molar-refractivity contribution in [2.75, 3.05) is 18.6 Å². The van der Waals surface area contributed by atoms with Crippen molar-refractivity contribution in [2.24, 2.45) is 11.5 Å². The van der Waals surface area contributed by atoms with Gasteiger partial charge in [0.05, 0.1) is 12.7 Å². The summed E-state index contributed by atoms with van der Waals surface area (Å²) in [6, 6.07) is 26.6. The van der Waals surface area contributed by atoms with E-state index in [0.29, 0.717) is 29.0 Å². The van der Waals surface area contributed by atoms with Crippen LogP contribution in [-0.4, -0.2) is 36.4 Å². The molecule has 5 rings (SSSR count). The van der Waals surface area contributed by atoms with E-state index >= 15 is 0 Å². The predicted molar refractivity (Wildman–Crippen MR) is 158 cm³/mol. The fourth-order valence-electron chi connectivity index (χ4n) is 5.45. The maximum Gasteiger partial charge on any atom is 0.336 e. The van der Waals surface area contributed by atoms with Crippen molar-refractivity contribution in [1.82, 2.24) is 0 Å². The summed E-state index contributed by atoms with van der Waals surface area (Å²) in [6.45, 7) is 1.20. The zero-order chi connectivity index (χ0) is 28.4.